The fourth-order valence-electron chi connectivity index (χ4n) is 3.95. The molecule has 0 spiro atoms. The van der Waals surface area contributed by atoms with Crippen LogP contribution in [-0.4, -0.2) is 72.4 Å². The summed E-state index contributed by atoms with van der Waals surface area (Å²) in [4.78, 5) is 40.1. The number of esters is 1. The molecule has 190 valence electrons. The van der Waals surface area contributed by atoms with Gasteiger partial charge in [-0.1, -0.05) is 6.07 Å². The van der Waals surface area contributed by atoms with Gasteiger partial charge in [0, 0.05) is 54.6 Å². The van der Waals surface area contributed by atoms with Crippen LogP contribution >= 0.6 is 0 Å². The highest BCUT2D eigenvalue weighted by molar-refractivity contribution is 6.22. The number of pyridine rings is 1. The lowest BCUT2D eigenvalue weighted by Crippen LogP contribution is -2.29. The normalized spacial score (nSPS) is 11.6. The largest absolute Gasteiger partial charge is 0.494 e. The third kappa shape index (κ3) is 5.68. The van der Waals surface area contributed by atoms with E-state index in [1.165, 1.54) is 7.11 Å². The second-order valence-electron chi connectivity index (χ2n) is 8.83. The number of amides is 1. The van der Waals surface area contributed by atoms with Gasteiger partial charge in [0.25, 0.3) is 0 Å². The average Bonchev–Trinajstić information content (AvgIpc) is 3.24. The molecule has 0 aliphatic rings. The molecule has 2 heterocycles. The smallest absolute Gasteiger partial charge is 0.337 e. The Morgan fingerprint density at radius 1 is 1.05 bits per heavy atom. The fourth-order valence-corrected chi connectivity index (χ4v) is 3.95. The first kappa shape index (κ1) is 25.6. The predicted molar refractivity (Wildman–Crippen MR) is 144 cm³/mol. The Morgan fingerprint density at radius 2 is 1.81 bits per heavy atom. The summed E-state index contributed by atoms with van der Waals surface area (Å²) in [7, 11) is 6.94. The van der Waals surface area contributed by atoms with Gasteiger partial charge in [-0.15, -0.1) is 0 Å². The minimum atomic E-state index is -0.469. The molecule has 0 atom stereocenters. The van der Waals surface area contributed by atoms with E-state index in [2.05, 4.69) is 9.97 Å². The molecule has 0 saturated carbocycles. The first-order valence-electron chi connectivity index (χ1n) is 11.7. The summed E-state index contributed by atoms with van der Waals surface area (Å²) in [5, 5.41) is 11.6. The number of benzene rings is 2. The standard InChI is InChI=1S/C28H29N5O4/c1-32(2)15-13-24(34)33(3)21-10-8-20(9-11-21)30-26(19-6-5-14-29-17-19)25-22-12-7-18(28(36)37-4)16-23(22)31-27(25)35/h5-12,14,16-17,31,35H,13,15H2,1-4H3. The molecule has 37 heavy (non-hydrogen) atoms. The number of aromatic nitrogens is 2. The number of aromatic hydroxyl groups is 1. The Labute approximate surface area is 215 Å². The summed E-state index contributed by atoms with van der Waals surface area (Å²) in [6, 6.07) is 16.0. The third-order valence-electron chi connectivity index (χ3n) is 6.00. The average molecular weight is 500 g/mol. The van der Waals surface area contributed by atoms with Crippen LogP contribution in [0, 0.1) is 0 Å². The Bertz CT molecular complexity index is 1440. The second-order valence-corrected chi connectivity index (χ2v) is 8.83. The molecule has 1 amide bonds. The van der Waals surface area contributed by atoms with E-state index in [0.29, 0.717) is 52.0 Å². The molecular formula is C28H29N5O4. The lowest BCUT2D eigenvalue weighted by atomic mass is 10.0. The number of hydrogen-bond acceptors (Lipinski definition) is 7. The van der Waals surface area contributed by atoms with Crippen molar-refractivity contribution >= 4 is 39.9 Å². The van der Waals surface area contributed by atoms with Crippen LogP contribution < -0.4 is 4.90 Å². The SMILES string of the molecule is COC(=O)c1ccc2c(C(=Nc3ccc(N(C)C(=O)CCN(C)C)cc3)c3cccnc3)c(O)[nH]c2c1. The Kier molecular flexibility index (Phi) is 7.64. The number of aromatic amines is 1. The molecule has 4 aromatic rings. The lowest BCUT2D eigenvalue weighted by Gasteiger charge is -2.19. The van der Waals surface area contributed by atoms with Gasteiger partial charge in [-0.05, 0) is 62.6 Å². The van der Waals surface area contributed by atoms with Crippen molar-refractivity contribution in [3.63, 3.8) is 0 Å². The van der Waals surface area contributed by atoms with Crippen molar-refractivity contribution in [2.24, 2.45) is 4.99 Å². The molecule has 0 saturated heterocycles. The van der Waals surface area contributed by atoms with Crippen LogP contribution in [0.15, 0.2) is 72.0 Å². The number of nitrogens with zero attached hydrogens (tertiary/aromatic N) is 4. The van der Waals surface area contributed by atoms with Crippen molar-refractivity contribution < 1.29 is 19.4 Å². The highest BCUT2D eigenvalue weighted by Crippen LogP contribution is 2.32. The third-order valence-corrected chi connectivity index (χ3v) is 6.00. The summed E-state index contributed by atoms with van der Waals surface area (Å²) in [6.45, 7) is 0.676. The zero-order valence-corrected chi connectivity index (χ0v) is 21.2. The molecule has 2 aromatic heterocycles. The van der Waals surface area contributed by atoms with Crippen molar-refractivity contribution in [3.8, 4) is 5.88 Å². The zero-order valence-electron chi connectivity index (χ0n) is 21.2. The van der Waals surface area contributed by atoms with E-state index in [1.54, 1.807) is 48.6 Å². The van der Waals surface area contributed by atoms with Gasteiger partial charge >= 0.3 is 5.97 Å². The van der Waals surface area contributed by atoms with Gasteiger partial charge in [0.15, 0.2) is 5.88 Å². The summed E-state index contributed by atoms with van der Waals surface area (Å²) >= 11 is 0. The number of anilines is 1. The van der Waals surface area contributed by atoms with E-state index in [1.807, 2.05) is 49.3 Å². The van der Waals surface area contributed by atoms with Gasteiger partial charge in [-0.2, -0.15) is 0 Å². The van der Waals surface area contributed by atoms with Crippen molar-refractivity contribution in [3.05, 3.63) is 83.7 Å². The van der Waals surface area contributed by atoms with Crippen molar-refractivity contribution in [2.75, 3.05) is 39.7 Å². The minimum Gasteiger partial charge on any atom is -0.494 e. The first-order valence-corrected chi connectivity index (χ1v) is 11.7. The number of aliphatic imine (C=N–C) groups is 1. The highest BCUT2D eigenvalue weighted by atomic mass is 16.5. The summed E-state index contributed by atoms with van der Waals surface area (Å²) in [5.41, 5.74) is 4.02. The first-order chi connectivity index (χ1) is 17.8. The van der Waals surface area contributed by atoms with E-state index in [0.717, 1.165) is 5.69 Å². The van der Waals surface area contributed by atoms with Crippen LogP contribution in [0.4, 0.5) is 11.4 Å². The lowest BCUT2D eigenvalue weighted by molar-refractivity contribution is -0.118. The topological polar surface area (TPSA) is 111 Å². The summed E-state index contributed by atoms with van der Waals surface area (Å²) in [6.07, 6.45) is 3.76. The monoisotopic (exact) mass is 499 g/mol. The Morgan fingerprint density at radius 3 is 2.46 bits per heavy atom. The van der Waals surface area contributed by atoms with Gasteiger partial charge in [-0.3, -0.25) is 9.78 Å². The van der Waals surface area contributed by atoms with Crippen LogP contribution in [0.5, 0.6) is 5.88 Å². The number of fused-ring (bicyclic) bond motifs is 1. The number of hydrogen-bond donors (Lipinski definition) is 2. The zero-order chi connectivity index (χ0) is 26.5. The predicted octanol–water partition coefficient (Wildman–Crippen LogP) is 4.14. The summed E-state index contributed by atoms with van der Waals surface area (Å²) in [5.74, 6) is -0.526. The maximum atomic E-state index is 12.5. The molecule has 0 fully saturated rings. The number of carbonyl (C=O) groups excluding carboxylic acids is 2. The maximum Gasteiger partial charge on any atom is 0.337 e. The van der Waals surface area contributed by atoms with E-state index in [9.17, 15) is 14.7 Å². The molecule has 0 unspecified atom stereocenters. The van der Waals surface area contributed by atoms with Crippen LogP contribution in [0.3, 0.4) is 0 Å². The Balaban J connectivity index is 1.73. The molecule has 0 radical (unpaired) electrons. The number of rotatable bonds is 8. The second kappa shape index (κ2) is 11.0. The van der Waals surface area contributed by atoms with Gasteiger partial charge in [0.1, 0.15) is 0 Å². The van der Waals surface area contributed by atoms with Crippen LogP contribution in [0.25, 0.3) is 10.9 Å². The fraction of sp³-hybridized carbons (Fsp3) is 0.214. The van der Waals surface area contributed by atoms with Crippen molar-refractivity contribution in [1.29, 1.82) is 0 Å². The molecule has 0 aliphatic heterocycles. The molecule has 4 rings (SSSR count). The minimum absolute atomic E-state index is 0.0241. The highest BCUT2D eigenvalue weighted by Gasteiger charge is 2.20. The van der Waals surface area contributed by atoms with E-state index in [4.69, 9.17) is 9.73 Å². The number of carbonyl (C=O) groups is 2. The molecule has 2 N–H and O–H groups in total. The van der Waals surface area contributed by atoms with E-state index in [-0.39, 0.29) is 11.8 Å². The Hall–Kier alpha value is -4.50. The van der Waals surface area contributed by atoms with Gasteiger partial charge in [-0.25, -0.2) is 9.79 Å². The van der Waals surface area contributed by atoms with Gasteiger partial charge in [0.2, 0.25) is 5.91 Å². The number of H-pyrrole nitrogens is 1. The van der Waals surface area contributed by atoms with Gasteiger partial charge in [0.05, 0.1) is 29.6 Å². The van der Waals surface area contributed by atoms with Crippen LogP contribution in [0.2, 0.25) is 0 Å². The van der Waals surface area contributed by atoms with Gasteiger partial charge < -0.3 is 24.6 Å². The summed E-state index contributed by atoms with van der Waals surface area (Å²) < 4.78 is 4.81. The van der Waals surface area contributed by atoms with Crippen molar-refractivity contribution in [2.45, 2.75) is 6.42 Å². The molecule has 0 aliphatic carbocycles. The van der Waals surface area contributed by atoms with E-state index >= 15 is 0 Å². The van der Waals surface area contributed by atoms with Crippen LogP contribution in [0.1, 0.15) is 27.9 Å². The van der Waals surface area contributed by atoms with E-state index < -0.39 is 5.97 Å². The molecular weight excluding hydrogens is 470 g/mol. The molecule has 2 aromatic carbocycles. The molecule has 0 bridgehead atoms. The number of ether oxygens (including phenoxy) is 1. The quantitative estimate of drug-likeness (QED) is 0.278. The number of nitrogens with one attached hydrogen (secondary N) is 1. The molecule has 9 heteroatoms. The number of methoxy groups -OCH3 is 1. The van der Waals surface area contributed by atoms with Crippen molar-refractivity contribution in [1.82, 2.24) is 14.9 Å². The maximum absolute atomic E-state index is 12.5. The van der Waals surface area contributed by atoms with Crippen LogP contribution in [-0.2, 0) is 9.53 Å². The molecule has 9 nitrogen and oxygen atoms in total.